The van der Waals surface area contributed by atoms with Crippen molar-refractivity contribution in [1.82, 2.24) is 4.90 Å². The first-order valence-electron chi connectivity index (χ1n) is 8.64. The Morgan fingerprint density at radius 2 is 2.00 bits per heavy atom. The topological polar surface area (TPSA) is 48.0 Å². The zero-order valence-corrected chi connectivity index (χ0v) is 17.5. The molecule has 0 radical (unpaired) electrons. The first-order chi connectivity index (χ1) is 12.5. The lowest BCUT2D eigenvalue weighted by Crippen LogP contribution is -2.54. The van der Waals surface area contributed by atoms with Crippen molar-refractivity contribution >= 4 is 28.4 Å². The van der Waals surface area contributed by atoms with Gasteiger partial charge in [0, 0.05) is 11.5 Å². The van der Waals surface area contributed by atoms with E-state index in [1.807, 2.05) is 6.08 Å². The average Bonchev–Trinajstić information content (AvgIpc) is 2.63. The van der Waals surface area contributed by atoms with Crippen molar-refractivity contribution in [2.45, 2.75) is 24.3 Å². The Hall–Kier alpha value is -1.54. The summed E-state index contributed by atoms with van der Waals surface area (Å²) in [5, 5.41) is 0. The molecule has 3 aliphatic rings. The van der Waals surface area contributed by atoms with Gasteiger partial charge in [0.15, 0.2) is 17.3 Å². The Balaban J connectivity index is 2.05. The summed E-state index contributed by atoms with van der Waals surface area (Å²) in [4.78, 5) is 14.8. The summed E-state index contributed by atoms with van der Waals surface area (Å²) in [5.74, 6) is 1.89. The largest absolute Gasteiger partial charge is 0.493 e. The number of hydrogen-bond acceptors (Lipinski definition) is 5. The smallest absolute Gasteiger partial charge is 0.220 e. The van der Waals surface area contributed by atoms with Crippen LogP contribution in [0.2, 0.25) is 0 Å². The number of halogens is 1. The molecule has 1 heterocycles. The predicted molar refractivity (Wildman–Crippen MR) is 107 cm³/mol. The number of rotatable bonds is 3. The number of likely N-dealkylation sites (tertiary alicyclic amines) is 1. The van der Waals surface area contributed by atoms with Crippen LogP contribution >= 0.6 is 22.6 Å². The molecule has 6 heteroatoms. The van der Waals surface area contributed by atoms with Gasteiger partial charge in [-0.25, -0.2) is 0 Å². The van der Waals surface area contributed by atoms with Gasteiger partial charge in [0.25, 0.3) is 0 Å². The molecule has 1 saturated heterocycles. The maximum Gasteiger partial charge on any atom is 0.220 e. The number of ether oxygens (including phenoxy) is 3. The zero-order valence-electron chi connectivity index (χ0n) is 15.4. The number of ketones is 1. The summed E-state index contributed by atoms with van der Waals surface area (Å²) in [6.45, 7) is 0.966. The van der Waals surface area contributed by atoms with Crippen LogP contribution in [-0.4, -0.2) is 51.6 Å². The highest BCUT2D eigenvalue weighted by molar-refractivity contribution is 14.1. The predicted octanol–water partition coefficient (Wildman–Crippen LogP) is 2.85. The molecule has 1 fully saturated rings. The fraction of sp³-hybridized carbons (Fsp3) is 0.450. The van der Waals surface area contributed by atoms with Gasteiger partial charge in [-0.15, -0.1) is 0 Å². The minimum atomic E-state index is -0.319. The van der Waals surface area contributed by atoms with Crippen LogP contribution < -0.4 is 9.47 Å². The van der Waals surface area contributed by atoms with Crippen LogP contribution in [0, 0.1) is 3.57 Å². The van der Waals surface area contributed by atoms with E-state index in [1.54, 1.807) is 27.4 Å². The molecule has 138 valence electrons. The molecule has 2 atom stereocenters. The molecule has 1 aromatic rings. The normalized spacial score (nSPS) is 27.1. The van der Waals surface area contributed by atoms with Gasteiger partial charge in [0.2, 0.25) is 5.78 Å². The number of nitrogens with zero attached hydrogens (tertiary/aromatic N) is 1. The quantitative estimate of drug-likeness (QED) is 0.641. The highest BCUT2D eigenvalue weighted by atomic mass is 127. The number of likely N-dealkylation sites (N-methyl/N-ethyl adjacent to an activating group) is 1. The SMILES string of the molecule is COC1=C[C@]23CCN(C)[C@H](Cc4cc(OC)c(OC)c(I)c42)C3=CC1=O. The van der Waals surface area contributed by atoms with E-state index in [1.165, 1.54) is 16.7 Å². The van der Waals surface area contributed by atoms with Crippen LogP contribution in [0.5, 0.6) is 11.5 Å². The van der Waals surface area contributed by atoms with Crippen molar-refractivity contribution in [1.29, 1.82) is 0 Å². The third-order valence-corrected chi connectivity index (χ3v) is 6.97. The fourth-order valence-corrected chi connectivity index (χ4v) is 6.01. The summed E-state index contributed by atoms with van der Waals surface area (Å²) < 4.78 is 17.7. The number of hydrogen-bond donors (Lipinski definition) is 0. The van der Waals surface area contributed by atoms with E-state index in [0.717, 1.165) is 34.5 Å². The molecule has 0 aromatic heterocycles. The van der Waals surface area contributed by atoms with Crippen LogP contribution in [0.1, 0.15) is 17.5 Å². The van der Waals surface area contributed by atoms with Crippen LogP contribution in [-0.2, 0) is 21.4 Å². The fourth-order valence-electron chi connectivity index (χ4n) is 4.69. The van der Waals surface area contributed by atoms with Crippen LogP contribution in [0.4, 0.5) is 0 Å². The summed E-state index contributed by atoms with van der Waals surface area (Å²) >= 11 is 2.36. The second-order valence-corrected chi connectivity index (χ2v) is 8.14. The van der Waals surface area contributed by atoms with E-state index in [0.29, 0.717) is 5.76 Å². The van der Waals surface area contributed by atoms with E-state index in [9.17, 15) is 4.79 Å². The van der Waals surface area contributed by atoms with Gasteiger partial charge in [0.05, 0.1) is 24.9 Å². The van der Waals surface area contributed by atoms with Crippen molar-refractivity contribution in [2.24, 2.45) is 0 Å². The highest BCUT2D eigenvalue weighted by Crippen LogP contribution is 2.55. The summed E-state index contributed by atoms with van der Waals surface area (Å²) in [7, 11) is 7.03. The van der Waals surface area contributed by atoms with E-state index >= 15 is 0 Å². The minimum absolute atomic E-state index is 0.0441. The molecule has 0 saturated carbocycles. The third kappa shape index (κ3) is 2.27. The number of carbonyl (C=O) groups excluding carboxylic acids is 1. The summed E-state index contributed by atoms with van der Waals surface area (Å²) in [6.07, 6.45) is 5.61. The van der Waals surface area contributed by atoms with Gasteiger partial charge in [0.1, 0.15) is 0 Å². The van der Waals surface area contributed by atoms with E-state index in [2.05, 4.69) is 40.6 Å². The van der Waals surface area contributed by atoms with Crippen molar-refractivity contribution < 1.29 is 19.0 Å². The van der Waals surface area contributed by atoms with Gasteiger partial charge in [-0.05, 0) is 83.9 Å². The van der Waals surface area contributed by atoms with Crippen LogP contribution in [0.3, 0.4) is 0 Å². The lowest BCUT2D eigenvalue weighted by Gasteiger charge is -2.52. The Labute approximate surface area is 167 Å². The number of benzene rings is 1. The number of methoxy groups -OCH3 is 3. The lowest BCUT2D eigenvalue weighted by molar-refractivity contribution is -0.114. The summed E-state index contributed by atoms with van der Waals surface area (Å²) in [5.41, 5.74) is 3.34. The maximum absolute atomic E-state index is 12.5. The highest BCUT2D eigenvalue weighted by Gasteiger charge is 2.52. The molecule has 0 unspecified atom stereocenters. The Kier molecular flexibility index (Phi) is 4.30. The van der Waals surface area contributed by atoms with E-state index in [-0.39, 0.29) is 17.2 Å². The molecule has 1 aromatic carbocycles. The number of fused-ring (bicyclic) bond motifs is 1. The van der Waals surface area contributed by atoms with E-state index < -0.39 is 0 Å². The lowest BCUT2D eigenvalue weighted by atomic mass is 9.59. The first-order valence-corrected chi connectivity index (χ1v) is 9.72. The molecule has 5 nitrogen and oxygen atoms in total. The molecule has 0 N–H and O–H groups in total. The minimum Gasteiger partial charge on any atom is -0.493 e. The molecule has 2 bridgehead atoms. The molecule has 1 aliphatic heterocycles. The van der Waals surface area contributed by atoms with Crippen LogP contribution in [0.15, 0.2) is 29.6 Å². The van der Waals surface area contributed by atoms with Gasteiger partial charge in [-0.3, -0.25) is 9.69 Å². The maximum atomic E-state index is 12.5. The van der Waals surface area contributed by atoms with Crippen molar-refractivity contribution in [3.05, 3.63) is 44.2 Å². The molecule has 26 heavy (non-hydrogen) atoms. The number of allylic oxidation sites excluding steroid dienone is 2. The Bertz CT molecular complexity index is 860. The first kappa shape index (κ1) is 17.9. The Morgan fingerprint density at radius 1 is 1.23 bits per heavy atom. The van der Waals surface area contributed by atoms with Gasteiger partial charge in [-0.1, -0.05) is 0 Å². The number of piperidine rings is 1. The van der Waals surface area contributed by atoms with E-state index in [4.69, 9.17) is 14.2 Å². The molecule has 4 rings (SSSR count). The third-order valence-electron chi connectivity index (χ3n) is 5.94. The van der Waals surface area contributed by atoms with Crippen molar-refractivity contribution in [2.75, 3.05) is 34.9 Å². The second kappa shape index (κ2) is 6.27. The molecule has 0 amide bonds. The standard InChI is InChI=1S/C20H22INO4/c1-22-6-5-20-10-16(25-3)14(23)9-12(20)13(22)7-11-8-15(24-2)19(26-4)18(21)17(11)20/h8-10,13H,5-7H2,1-4H3/t13-,20+/m1/s1. The number of carbonyl (C=O) groups is 1. The monoisotopic (exact) mass is 467 g/mol. The van der Waals surface area contributed by atoms with Gasteiger partial charge < -0.3 is 14.2 Å². The zero-order chi connectivity index (χ0) is 18.6. The van der Waals surface area contributed by atoms with Crippen LogP contribution in [0.25, 0.3) is 0 Å². The molecular formula is C20H22INO4. The second-order valence-electron chi connectivity index (χ2n) is 7.06. The van der Waals surface area contributed by atoms with Gasteiger partial charge >= 0.3 is 0 Å². The van der Waals surface area contributed by atoms with Gasteiger partial charge in [-0.2, -0.15) is 0 Å². The Morgan fingerprint density at radius 3 is 2.65 bits per heavy atom. The molecular weight excluding hydrogens is 445 g/mol. The summed E-state index contributed by atoms with van der Waals surface area (Å²) in [6, 6.07) is 2.31. The average molecular weight is 467 g/mol. The van der Waals surface area contributed by atoms with Crippen molar-refractivity contribution in [3.63, 3.8) is 0 Å². The molecule has 0 spiro atoms. The molecule has 2 aliphatic carbocycles. The van der Waals surface area contributed by atoms with Crippen molar-refractivity contribution in [3.8, 4) is 11.5 Å².